The maximum absolute atomic E-state index is 11.8. The van der Waals surface area contributed by atoms with Crippen molar-refractivity contribution >= 4 is 20.0 Å². The topological polar surface area (TPSA) is 106 Å². The normalized spacial score (nSPS) is 12.9. The van der Waals surface area contributed by atoms with Crippen molar-refractivity contribution in [3.05, 3.63) is 24.3 Å². The Labute approximate surface area is 107 Å². The molecule has 102 valence electrons. The van der Waals surface area contributed by atoms with Crippen molar-refractivity contribution in [1.82, 2.24) is 4.72 Å². The fourth-order valence-corrected chi connectivity index (χ4v) is 2.90. The molecule has 0 unspecified atom stereocenters. The number of nitrogens with one attached hydrogen (secondary N) is 1. The molecule has 0 aliphatic heterocycles. The lowest BCUT2D eigenvalue weighted by Gasteiger charge is -2.09. The van der Waals surface area contributed by atoms with E-state index in [0.717, 1.165) is 0 Å². The van der Waals surface area contributed by atoms with Crippen molar-refractivity contribution in [2.24, 2.45) is 11.1 Å². The molecule has 0 aliphatic carbocycles. The molecule has 6 nitrogen and oxygen atoms in total. The van der Waals surface area contributed by atoms with Crippen LogP contribution in [0.4, 0.5) is 0 Å². The monoisotopic (exact) mass is 292 g/mol. The van der Waals surface area contributed by atoms with Gasteiger partial charge in [0.2, 0.25) is 20.0 Å². The fraction of sp³-hybridized carbons (Fsp3) is 0.400. The van der Waals surface area contributed by atoms with Crippen LogP contribution in [0.1, 0.15) is 13.8 Å². The first-order valence-electron chi connectivity index (χ1n) is 5.25. The minimum atomic E-state index is -3.81. The molecule has 18 heavy (non-hydrogen) atoms. The average molecular weight is 292 g/mol. The van der Waals surface area contributed by atoms with Gasteiger partial charge in [-0.25, -0.2) is 26.7 Å². The van der Waals surface area contributed by atoms with Crippen molar-refractivity contribution < 1.29 is 16.8 Å². The molecule has 0 amide bonds. The molecule has 0 bridgehead atoms. The van der Waals surface area contributed by atoms with Gasteiger partial charge in [0.15, 0.2) is 0 Å². The summed E-state index contributed by atoms with van der Waals surface area (Å²) in [4.78, 5) is -0.110. The zero-order valence-corrected chi connectivity index (χ0v) is 11.8. The van der Waals surface area contributed by atoms with Crippen LogP contribution in [0.15, 0.2) is 34.1 Å². The maximum Gasteiger partial charge on any atom is 0.240 e. The van der Waals surface area contributed by atoms with Gasteiger partial charge in [-0.2, -0.15) is 0 Å². The third kappa shape index (κ3) is 4.05. The van der Waals surface area contributed by atoms with Gasteiger partial charge in [0, 0.05) is 6.54 Å². The largest absolute Gasteiger partial charge is 0.240 e. The van der Waals surface area contributed by atoms with Crippen molar-refractivity contribution in [3.63, 3.8) is 0 Å². The van der Waals surface area contributed by atoms with Crippen molar-refractivity contribution in [2.45, 2.75) is 23.6 Å². The van der Waals surface area contributed by atoms with E-state index in [1.807, 2.05) is 13.8 Å². The number of sulfonamides is 2. The highest BCUT2D eigenvalue weighted by atomic mass is 32.2. The molecule has 1 rings (SSSR count). The summed E-state index contributed by atoms with van der Waals surface area (Å²) < 4.78 is 48.1. The van der Waals surface area contributed by atoms with Gasteiger partial charge in [0.25, 0.3) is 0 Å². The Hall–Kier alpha value is -0.960. The number of nitrogens with two attached hydrogens (primary N) is 1. The SMILES string of the molecule is CC(C)CNS(=O)(=O)c1ccc(S(N)(=O)=O)cc1. The van der Waals surface area contributed by atoms with Gasteiger partial charge in [-0.05, 0) is 30.2 Å². The summed E-state index contributed by atoms with van der Waals surface area (Å²) in [5.41, 5.74) is 0. The van der Waals surface area contributed by atoms with E-state index in [1.54, 1.807) is 0 Å². The molecule has 0 aromatic heterocycles. The van der Waals surface area contributed by atoms with E-state index in [1.165, 1.54) is 24.3 Å². The van der Waals surface area contributed by atoms with Gasteiger partial charge in [0.1, 0.15) is 0 Å². The lowest BCUT2D eigenvalue weighted by Crippen LogP contribution is -2.27. The van der Waals surface area contributed by atoms with Crippen LogP contribution in [0.3, 0.4) is 0 Å². The van der Waals surface area contributed by atoms with E-state index in [0.29, 0.717) is 6.54 Å². The summed E-state index contributed by atoms with van der Waals surface area (Å²) in [6.45, 7) is 4.08. The van der Waals surface area contributed by atoms with Crippen molar-refractivity contribution in [1.29, 1.82) is 0 Å². The Morgan fingerprint density at radius 1 is 1.06 bits per heavy atom. The quantitative estimate of drug-likeness (QED) is 0.812. The fourth-order valence-electron chi connectivity index (χ4n) is 1.17. The predicted molar refractivity (Wildman–Crippen MR) is 67.8 cm³/mol. The highest BCUT2D eigenvalue weighted by molar-refractivity contribution is 7.89. The molecule has 0 aliphatic rings. The molecule has 0 heterocycles. The Balaban J connectivity index is 2.98. The van der Waals surface area contributed by atoms with Crippen molar-refractivity contribution in [2.75, 3.05) is 6.54 Å². The highest BCUT2D eigenvalue weighted by Crippen LogP contribution is 2.13. The van der Waals surface area contributed by atoms with E-state index < -0.39 is 20.0 Å². The second kappa shape index (κ2) is 5.35. The molecule has 0 saturated heterocycles. The molecule has 8 heteroatoms. The molecule has 0 radical (unpaired) electrons. The van der Waals surface area contributed by atoms with Crippen LogP contribution in [0.2, 0.25) is 0 Å². The minimum absolute atomic E-state index is 0.00977. The number of hydrogen-bond donors (Lipinski definition) is 2. The zero-order valence-electron chi connectivity index (χ0n) is 10.1. The van der Waals surface area contributed by atoms with Crippen LogP contribution in [-0.2, 0) is 20.0 Å². The second-order valence-corrected chi connectivity index (χ2v) is 7.59. The summed E-state index contributed by atoms with van der Waals surface area (Å²) in [5.74, 6) is 0.184. The van der Waals surface area contributed by atoms with E-state index in [-0.39, 0.29) is 15.7 Å². The lowest BCUT2D eigenvalue weighted by molar-refractivity contribution is 0.560. The second-order valence-electron chi connectivity index (χ2n) is 4.26. The molecule has 0 spiro atoms. The van der Waals surface area contributed by atoms with Crippen LogP contribution in [0.25, 0.3) is 0 Å². The van der Waals surface area contributed by atoms with Gasteiger partial charge in [0.05, 0.1) is 9.79 Å². The molecule has 0 saturated carbocycles. The Bertz CT molecular complexity index is 604. The maximum atomic E-state index is 11.8. The summed E-state index contributed by atoms with van der Waals surface area (Å²) >= 11 is 0. The van der Waals surface area contributed by atoms with Gasteiger partial charge < -0.3 is 0 Å². The molecule has 1 aromatic rings. The predicted octanol–water partition coefficient (Wildman–Crippen LogP) is 0.268. The van der Waals surface area contributed by atoms with Crippen LogP contribution < -0.4 is 9.86 Å². The first-order valence-corrected chi connectivity index (χ1v) is 8.28. The summed E-state index contributed by atoms with van der Waals surface area (Å²) in [6, 6.07) is 4.75. The average Bonchev–Trinajstić information content (AvgIpc) is 2.26. The van der Waals surface area contributed by atoms with Gasteiger partial charge in [-0.1, -0.05) is 13.8 Å². The third-order valence-corrected chi connectivity index (χ3v) is 4.51. The minimum Gasteiger partial charge on any atom is -0.225 e. The number of hydrogen-bond acceptors (Lipinski definition) is 4. The van der Waals surface area contributed by atoms with Crippen LogP contribution in [0.5, 0.6) is 0 Å². The van der Waals surface area contributed by atoms with Crippen LogP contribution in [-0.4, -0.2) is 23.4 Å². The highest BCUT2D eigenvalue weighted by Gasteiger charge is 2.15. The Morgan fingerprint density at radius 3 is 1.89 bits per heavy atom. The number of benzene rings is 1. The number of rotatable bonds is 5. The zero-order chi connectivity index (χ0) is 14.0. The Kier molecular flexibility index (Phi) is 4.49. The Morgan fingerprint density at radius 2 is 1.50 bits per heavy atom. The van der Waals surface area contributed by atoms with E-state index in [2.05, 4.69) is 4.72 Å². The third-order valence-electron chi connectivity index (χ3n) is 2.14. The first kappa shape index (κ1) is 15.1. The van der Waals surface area contributed by atoms with E-state index in [9.17, 15) is 16.8 Å². The molecular weight excluding hydrogens is 276 g/mol. The first-order chi connectivity index (χ1) is 8.13. The summed E-state index contributed by atoms with van der Waals surface area (Å²) in [7, 11) is -7.41. The summed E-state index contributed by atoms with van der Waals surface area (Å²) in [6.07, 6.45) is 0. The molecular formula is C10H16N2O4S2. The van der Waals surface area contributed by atoms with Gasteiger partial charge in [-0.3, -0.25) is 0 Å². The van der Waals surface area contributed by atoms with Crippen LogP contribution >= 0.6 is 0 Å². The van der Waals surface area contributed by atoms with Crippen LogP contribution in [0, 0.1) is 5.92 Å². The molecule has 0 atom stereocenters. The molecule has 3 N–H and O–H groups in total. The smallest absolute Gasteiger partial charge is 0.225 e. The van der Waals surface area contributed by atoms with E-state index >= 15 is 0 Å². The summed E-state index contributed by atoms with van der Waals surface area (Å²) in [5, 5.41) is 4.92. The van der Waals surface area contributed by atoms with Gasteiger partial charge in [-0.15, -0.1) is 0 Å². The van der Waals surface area contributed by atoms with Gasteiger partial charge >= 0.3 is 0 Å². The standard InChI is InChI=1S/C10H16N2O4S2/c1-8(2)7-12-18(15,16)10-5-3-9(4-6-10)17(11,13)14/h3-6,8,12H,7H2,1-2H3,(H2,11,13,14). The van der Waals surface area contributed by atoms with Crippen molar-refractivity contribution in [3.8, 4) is 0 Å². The number of primary sulfonamides is 1. The lowest BCUT2D eigenvalue weighted by atomic mass is 10.2. The molecule has 1 aromatic carbocycles. The molecule has 0 fully saturated rings. The van der Waals surface area contributed by atoms with E-state index in [4.69, 9.17) is 5.14 Å².